The van der Waals surface area contributed by atoms with Crippen LogP contribution in [0.1, 0.15) is 68.9 Å². The van der Waals surface area contributed by atoms with E-state index in [0.29, 0.717) is 18.1 Å². The zero-order chi connectivity index (χ0) is 28.3. The minimum atomic E-state index is -0.531. The number of aromatic nitrogens is 3. The fourth-order valence-corrected chi connectivity index (χ4v) is 5.22. The van der Waals surface area contributed by atoms with Gasteiger partial charge in [0.1, 0.15) is 22.8 Å². The van der Waals surface area contributed by atoms with Crippen LogP contribution in [0.25, 0.3) is 5.65 Å². The number of piperidine rings is 1. The number of anilines is 1. The summed E-state index contributed by atoms with van der Waals surface area (Å²) in [6.45, 7) is 8.31. The van der Waals surface area contributed by atoms with Gasteiger partial charge in [-0.25, -0.2) is 14.8 Å². The molecule has 1 atom stereocenters. The molecule has 40 heavy (non-hydrogen) atoms. The minimum absolute atomic E-state index is 0.0727. The molecule has 3 aromatic heterocycles. The predicted octanol–water partition coefficient (Wildman–Crippen LogP) is 4.03. The van der Waals surface area contributed by atoms with Gasteiger partial charge in [-0.15, -0.1) is 0 Å². The van der Waals surface area contributed by atoms with E-state index in [4.69, 9.17) is 4.74 Å². The largest absolute Gasteiger partial charge is 0.444 e. The molecule has 1 aliphatic heterocycles. The van der Waals surface area contributed by atoms with Gasteiger partial charge in [0.15, 0.2) is 0 Å². The number of hydrogen-bond donors (Lipinski definition) is 1. The lowest BCUT2D eigenvalue weighted by atomic mass is 9.84. The molecule has 1 saturated carbocycles. The molecule has 0 spiro atoms. The molecule has 4 heterocycles. The normalized spacial score (nSPS) is 17.8. The van der Waals surface area contributed by atoms with Crippen molar-refractivity contribution in [2.75, 3.05) is 24.5 Å². The summed E-state index contributed by atoms with van der Waals surface area (Å²) >= 11 is 0. The molecule has 5 rings (SSSR count). The smallest absolute Gasteiger partial charge is 0.410 e. The van der Waals surface area contributed by atoms with Crippen LogP contribution in [0.4, 0.5) is 10.6 Å². The summed E-state index contributed by atoms with van der Waals surface area (Å²) in [7, 11) is 0. The van der Waals surface area contributed by atoms with Crippen LogP contribution in [0.2, 0.25) is 0 Å². The standard InChI is InChI=1S/C30H38N6O4/c1-30(2,3)40-29(39)36(19-21-8-6-9-21)23-10-7-14-34(20-23)25-13-12-22(17-31-25)18-32-28(38)24-16-27(37)35-15-5-4-11-26(35)33-24/h4-5,11-13,15-17,21,23H,6-10,14,18-20H2,1-3H3,(H,32,38)/t23-/m1/s1. The van der Waals surface area contributed by atoms with E-state index in [0.717, 1.165) is 37.3 Å². The van der Waals surface area contributed by atoms with Crippen molar-refractivity contribution in [1.29, 1.82) is 0 Å². The van der Waals surface area contributed by atoms with Crippen molar-refractivity contribution < 1.29 is 14.3 Å². The van der Waals surface area contributed by atoms with Crippen molar-refractivity contribution in [3.05, 3.63) is 70.4 Å². The van der Waals surface area contributed by atoms with Gasteiger partial charge >= 0.3 is 6.09 Å². The Bertz CT molecular complexity index is 1410. The van der Waals surface area contributed by atoms with Gasteiger partial charge in [0, 0.05) is 44.6 Å². The molecular weight excluding hydrogens is 508 g/mol. The fraction of sp³-hybridized carbons (Fsp3) is 0.500. The molecule has 3 aromatic rings. The van der Waals surface area contributed by atoms with Crippen molar-refractivity contribution in [3.8, 4) is 0 Å². The zero-order valence-electron chi connectivity index (χ0n) is 23.5. The van der Waals surface area contributed by atoms with Gasteiger partial charge in [-0.05, 0) is 76.1 Å². The van der Waals surface area contributed by atoms with Crippen molar-refractivity contribution in [1.82, 2.24) is 24.6 Å². The van der Waals surface area contributed by atoms with E-state index in [9.17, 15) is 14.4 Å². The molecule has 0 unspecified atom stereocenters. The molecule has 2 amide bonds. The summed E-state index contributed by atoms with van der Waals surface area (Å²) < 4.78 is 7.17. The first kappa shape index (κ1) is 27.6. The molecule has 2 fully saturated rings. The number of pyridine rings is 2. The van der Waals surface area contributed by atoms with Crippen LogP contribution in [0.3, 0.4) is 0 Å². The Morgan fingerprint density at radius 1 is 1.12 bits per heavy atom. The molecule has 212 valence electrons. The highest BCUT2D eigenvalue weighted by Crippen LogP contribution is 2.30. The third-order valence-corrected chi connectivity index (χ3v) is 7.53. The molecule has 1 aliphatic carbocycles. The highest BCUT2D eigenvalue weighted by molar-refractivity contribution is 5.92. The molecular formula is C30H38N6O4. The molecule has 2 aliphatic rings. The second-order valence-electron chi connectivity index (χ2n) is 11.8. The van der Waals surface area contributed by atoms with Crippen LogP contribution in [-0.4, -0.2) is 62.5 Å². The maximum absolute atomic E-state index is 13.1. The monoisotopic (exact) mass is 546 g/mol. The number of carbonyl (C=O) groups excluding carboxylic acids is 2. The second kappa shape index (κ2) is 11.7. The number of fused-ring (bicyclic) bond motifs is 1. The van der Waals surface area contributed by atoms with Crippen molar-refractivity contribution in [3.63, 3.8) is 0 Å². The summed E-state index contributed by atoms with van der Waals surface area (Å²) in [6, 6.07) is 10.4. The summed E-state index contributed by atoms with van der Waals surface area (Å²) in [5, 5.41) is 2.83. The molecule has 0 bridgehead atoms. The summed E-state index contributed by atoms with van der Waals surface area (Å²) in [4.78, 5) is 51.3. The third-order valence-electron chi connectivity index (χ3n) is 7.53. The third kappa shape index (κ3) is 6.60. The van der Waals surface area contributed by atoms with Crippen LogP contribution in [-0.2, 0) is 11.3 Å². The van der Waals surface area contributed by atoms with E-state index < -0.39 is 11.5 Å². The molecule has 1 saturated heterocycles. The average molecular weight is 547 g/mol. The lowest BCUT2D eigenvalue weighted by Gasteiger charge is -2.42. The molecule has 10 heteroatoms. The maximum Gasteiger partial charge on any atom is 0.410 e. The van der Waals surface area contributed by atoms with E-state index in [2.05, 4.69) is 20.2 Å². The van der Waals surface area contributed by atoms with Crippen LogP contribution >= 0.6 is 0 Å². The first-order valence-corrected chi connectivity index (χ1v) is 14.1. The lowest BCUT2D eigenvalue weighted by Crippen LogP contribution is -2.53. The van der Waals surface area contributed by atoms with E-state index in [-0.39, 0.29) is 29.9 Å². The summed E-state index contributed by atoms with van der Waals surface area (Å²) in [5.41, 5.74) is 0.500. The Balaban J connectivity index is 1.21. The quantitative estimate of drug-likeness (QED) is 0.477. The Kier molecular flexibility index (Phi) is 8.04. The lowest BCUT2D eigenvalue weighted by molar-refractivity contribution is 0.00733. The van der Waals surface area contributed by atoms with Crippen LogP contribution in [0, 0.1) is 5.92 Å². The van der Waals surface area contributed by atoms with Crippen LogP contribution in [0.15, 0.2) is 53.6 Å². The van der Waals surface area contributed by atoms with Gasteiger partial charge in [0.2, 0.25) is 0 Å². The van der Waals surface area contributed by atoms with Crippen molar-refractivity contribution in [2.45, 2.75) is 71.1 Å². The summed E-state index contributed by atoms with van der Waals surface area (Å²) in [5.74, 6) is 0.983. The first-order valence-electron chi connectivity index (χ1n) is 14.1. The average Bonchev–Trinajstić information content (AvgIpc) is 2.90. The SMILES string of the molecule is CC(C)(C)OC(=O)N(CC1CCC1)[C@@H]1CCCN(c2ccc(CNC(=O)c3cc(=O)n4ccccc4n3)cn2)C1. The Morgan fingerprint density at radius 2 is 1.95 bits per heavy atom. The topological polar surface area (TPSA) is 109 Å². The molecule has 0 aromatic carbocycles. The van der Waals surface area contributed by atoms with Gasteiger partial charge in [-0.2, -0.15) is 0 Å². The van der Waals surface area contributed by atoms with Gasteiger partial charge in [-0.1, -0.05) is 18.6 Å². The number of rotatable bonds is 7. The van der Waals surface area contributed by atoms with Gasteiger partial charge in [0.05, 0.1) is 6.04 Å². The Morgan fingerprint density at radius 3 is 2.65 bits per heavy atom. The highest BCUT2D eigenvalue weighted by atomic mass is 16.6. The number of amides is 2. The number of ether oxygens (including phenoxy) is 1. The van der Waals surface area contributed by atoms with Crippen molar-refractivity contribution in [2.24, 2.45) is 5.92 Å². The van der Waals surface area contributed by atoms with E-state index in [1.165, 1.54) is 29.7 Å². The van der Waals surface area contributed by atoms with Crippen LogP contribution in [0.5, 0.6) is 0 Å². The van der Waals surface area contributed by atoms with Gasteiger partial charge < -0.3 is 19.9 Å². The second-order valence-corrected chi connectivity index (χ2v) is 11.8. The Hall–Kier alpha value is -3.95. The molecule has 0 radical (unpaired) electrons. The zero-order valence-corrected chi connectivity index (χ0v) is 23.5. The summed E-state index contributed by atoms with van der Waals surface area (Å²) in [6.07, 6.45) is 8.62. The number of carbonyl (C=O) groups is 2. The molecule has 10 nitrogen and oxygen atoms in total. The van der Waals surface area contributed by atoms with Gasteiger partial charge in [0.25, 0.3) is 11.5 Å². The number of hydrogen-bond acceptors (Lipinski definition) is 7. The highest BCUT2D eigenvalue weighted by Gasteiger charge is 2.34. The fourth-order valence-electron chi connectivity index (χ4n) is 5.22. The van der Waals surface area contributed by atoms with Crippen LogP contribution < -0.4 is 15.8 Å². The minimum Gasteiger partial charge on any atom is -0.444 e. The predicted molar refractivity (Wildman–Crippen MR) is 152 cm³/mol. The Labute approximate surface area is 234 Å². The van der Waals surface area contributed by atoms with E-state index in [1.807, 2.05) is 37.8 Å². The van der Waals surface area contributed by atoms with E-state index in [1.54, 1.807) is 30.6 Å². The van der Waals surface area contributed by atoms with Crippen molar-refractivity contribution >= 4 is 23.5 Å². The number of nitrogens with one attached hydrogen (secondary N) is 1. The van der Waals surface area contributed by atoms with E-state index >= 15 is 0 Å². The molecule has 1 N–H and O–H groups in total. The first-order chi connectivity index (χ1) is 19.2. The van der Waals surface area contributed by atoms with Gasteiger partial charge in [-0.3, -0.25) is 14.0 Å². The number of nitrogens with zero attached hydrogens (tertiary/aromatic N) is 5. The maximum atomic E-state index is 13.1.